The monoisotopic (exact) mass is 275 g/mol. The molecule has 0 radical (unpaired) electrons. The number of nitrogens with zero attached hydrogens (tertiary/aromatic N) is 3. The van der Waals surface area contributed by atoms with Crippen molar-refractivity contribution in [3.05, 3.63) is 46.2 Å². The Hall–Kier alpha value is -2.88. The van der Waals surface area contributed by atoms with Gasteiger partial charge in [0.15, 0.2) is 5.57 Å². The zero-order chi connectivity index (χ0) is 15.1. The molecule has 0 bridgehead atoms. The van der Waals surface area contributed by atoms with E-state index < -0.39 is 10.9 Å². The van der Waals surface area contributed by atoms with Crippen LogP contribution in [0.4, 0.5) is 11.4 Å². The standard InChI is InChI=1S/C13H13N3O4/c1-3-20-13(17)10(8-14)9-15(2)11-4-6-12(7-5-11)16(18)19/h4-7,9H,3H2,1-2H3/b10-9-. The van der Waals surface area contributed by atoms with E-state index in [1.54, 1.807) is 20.0 Å². The van der Waals surface area contributed by atoms with E-state index in [2.05, 4.69) is 0 Å². The number of non-ortho nitro benzene ring substituents is 1. The summed E-state index contributed by atoms with van der Waals surface area (Å²) in [5, 5.41) is 19.4. The molecule has 7 nitrogen and oxygen atoms in total. The summed E-state index contributed by atoms with van der Waals surface area (Å²) in [5.41, 5.74) is 0.428. The second kappa shape index (κ2) is 6.89. The van der Waals surface area contributed by atoms with Crippen LogP contribution >= 0.6 is 0 Å². The van der Waals surface area contributed by atoms with Gasteiger partial charge in [-0.25, -0.2) is 4.79 Å². The highest BCUT2D eigenvalue weighted by Gasteiger charge is 2.12. The number of esters is 1. The van der Waals surface area contributed by atoms with Crippen molar-refractivity contribution in [2.75, 3.05) is 18.6 Å². The van der Waals surface area contributed by atoms with Gasteiger partial charge in [0.05, 0.1) is 11.5 Å². The molecule has 0 spiro atoms. The van der Waals surface area contributed by atoms with Gasteiger partial charge >= 0.3 is 5.97 Å². The fourth-order valence-corrected chi connectivity index (χ4v) is 1.41. The van der Waals surface area contributed by atoms with E-state index in [4.69, 9.17) is 10.00 Å². The van der Waals surface area contributed by atoms with Gasteiger partial charge in [-0.3, -0.25) is 10.1 Å². The van der Waals surface area contributed by atoms with Crippen LogP contribution in [-0.2, 0) is 9.53 Å². The molecule has 0 N–H and O–H groups in total. The second-order valence-corrected chi connectivity index (χ2v) is 3.76. The van der Waals surface area contributed by atoms with Crippen LogP contribution in [0.1, 0.15) is 6.92 Å². The minimum absolute atomic E-state index is 0.0305. The minimum Gasteiger partial charge on any atom is -0.462 e. The molecule has 0 aromatic heterocycles. The molecule has 1 aromatic carbocycles. The Kier molecular flexibility index (Phi) is 5.23. The van der Waals surface area contributed by atoms with Crippen molar-refractivity contribution in [2.45, 2.75) is 6.92 Å². The number of benzene rings is 1. The van der Waals surface area contributed by atoms with Crippen LogP contribution in [0.2, 0.25) is 0 Å². The molecule has 0 aliphatic rings. The van der Waals surface area contributed by atoms with Crippen LogP contribution in [0.25, 0.3) is 0 Å². The Morgan fingerprint density at radius 2 is 2.10 bits per heavy atom. The molecule has 0 saturated heterocycles. The van der Waals surface area contributed by atoms with Crippen LogP contribution in [0, 0.1) is 21.4 Å². The first kappa shape index (κ1) is 15.2. The lowest BCUT2D eigenvalue weighted by atomic mass is 10.2. The molecule has 20 heavy (non-hydrogen) atoms. The normalized spacial score (nSPS) is 10.6. The highest BCUT2D eigenvalue weighted by Crippen LogP contribution is 2.19. The molecule has 1 aromatic rings. The van der Waals surface area contributed by atoms with E-state index in [1.165, 1.54) is 35.4 Å². The van der Waals surface area contributed by atoms with Crippen molar-refractivity contribution in [1.82, 2.24) is 0 Å². The molecule has 7 heteroatoms. The average molecular weight is 275 g/mol. The Morgan fingerprint density at radius 3 is 2.55 bits per heavy atom. The lowest BCUT2D eigenvalue weighted by Crippen LogP contribution is -2.14. The summed E-state index contributed by atoms with van der Waals surface area (Å²) in [6.07, 6.45) is 1.32. The number of hydrogen-bond donors (Lipinski definition) is 0. The van der Waals surface area contributed by atoms with Crippen molar-refractivity contribution in [1.29, 1.82) is 5.26 Å². The molecule has 0 saturated carbocycles. The van der Waals surface area contributed by atoms with Crippen molar-refractivity contribution in [2.24, 2.45) is 0 Å². The first-order valence-corrected chi connectivity index (χ1v) is 5.76. The average Bonchev–Trinajstić information content (AvgIpc) is 2.44. The summed E-state index contributed by atoms with van der Waals surface area (Å²) < 4.78 is 4.74. The van der Waals surface area contributed by atoms with Gasteiger partial charge in [0.25, 0.3) is 5.69 Å². The van der Waals surface area contributed by atoms with Crippen LogP contribution in [0.15, 0.2) is 36.0 Å². The number of carbonyl (C=O) groups excluding carboxylic acids is 1. The minimum atomic E-state index is -0.705. The highest BCUT2D eigenvalue weighted by molar-refractivity contribution is 5.93. The summed E-state index contributed by atoms with van der Waals surface area (Å²) in [7, 11) is 1.62. The summed E-state index contributed by atoms with van der Waals surface area (Å²) in [5.74, 6) is -0.705. The number of carbonyl (C=O) groups is 1. The Morgan fingerprint density at radius 1 is 1.50 bits per heavy atom. The first-order chi connectivity index (χ1) is 9.49. The predicted molar refractivity (Wildman–Crippen MR) is 71.8 cm³/mol. The van der Waals surface area contributed by atoms with Gasteiger partial charge in [0.1, 0.15) is 6.07 Å². The van der Waals surface area contributed by atoms with Crippen molar-refractivity contribution in [3.63, 3.8) is 0 Å². The third-order valence-electron chi connectivity index (χ3n) is 2.41. The Bertz CT molecular complexity index is 572. The van der Waals surface area contributed by atoms with Crippen molar-refractivity contribution >= 4 is 17.3 Å². The number of nitro groups is 1. The van der Waals surface area contributed by atoms with Gasteiger partial charge in [0.2, 0.25) is 0 Å². The fourth-order valence-electron chi connectivity index (χ4n) is 1.41. The quantitative estimate of drug-likeness (QED) is 0.268. The molecule has 0 fully saturated rings. The lowest BCUT2D eigenvalue weighted by molar-refractivity contribution is -0.384. The molecule has 1 rings (SSSR count). The smallest absolute Gasteiger partial charge is 0.350 e. The van der Waals surface area contributed by atoms with Crippen molar-refractivity contribution in [3.8, 4) is 6.07 Å². The van der Waals surface area contributed by atoms with Crippen LogP contribution in [-0.4, -0.2) is 24.5 Å². The number of nitro benzene ring substituents is 1. The van der Waals surface area contributed by atoms with E-state index in [0.29, 0.717) is 5.69 Å². The van der Waals surface area contributed by atoms with Gasteiger partial charge in [-0.2, -0.15) is 5.26 Å². The summed E-state index contributed by atoms with van der Waals surface area (Å²) in [4.78, 5) is 23.0. The number of rotatable bonds is 5. The van der Waals surface area contributed by atoms with E-state index >= 15 is 0 Å². The van der Waals surface area contributed by atoms with E-state index in [0.717, 1.165) is 0 Å². The molecule has 0 unspecified atom stereocenters. The van der Waals surface area contributed by atoms with Gasteiger partial charge in [-0.15, -0.1) is 0 Å². The fraction of sp³-hybridized carbons (Fsp3) is 0.231. The number of nitriles is 1. The van der Waals surface area contributed by atoms with Crippen molar-refractivity contribution < 1.29 is 14.5 Å². The number of anilines is 1. The molecular formula is C13H13N3O4. The zero-order valence-electron chi connectivity index (χ0n) is 11.1. The lowest BCUT2D eigenvalue weighted by Gasteiger charge is -2.14. The summed E-state index contributed by atoms with van der Waals surface area (Å²) in [6.45, 7) is 1.83. The van der Waals surface area contributed by atoms with Gasteiger partial charge in [0, 0.05) is 31.1 Å². The van der Waals surface area contributed by atoms with E-state index in [-0.39, 0.29) is 17.9 Å². The predicted octanol–water partition coefficient (Wildman–Crippen LogP) is 2.00. The molecule has 0 amide bonds. The van der Waals surface area contributed by atoms with Crippen LogP contribution in [0.3, 0.4) is 0 Å². The maximum Gasteiger partial charge on any atom is 0.350 e. The second-order valence-electron chi connectivity index (χ2n) is 3.76. The molecule has 0 aliphatic carbocycles. The third-order valence-corrected chi connectivity index (χ3v) is 2.41. The van der Waals surface area contributed by atoms with Gasteiger partial charge < -0.3 is 9.64 Å². The topological polar surface area (TPSA) is 96.5 Å². The maximum atomic E-state index is 11.5. The molecular weight excluding hydrogens is 262 g/mol. The SMILES string of the molecule is CCOC(=O)/C(C#N)=C\N(C)c1ccc([N+](=O)[O-])cc1. The summed E-state index contributed by atoms with van der Waals surface area (Å²) >= 11 is 0. The zero-order valence-corrected chi connectivity index (χ0v) is 11.1. The molecule has 0 aliphatic heterocycles. The molecule has 104 valence electrons. The largest absolute Gasteiger partial charge is 0.462 e. The van der Waals surface area contributed by atoms with Crippen LogP contribution in [0.5, 0.6) is 0 Å². The maximum absolute atomic E-state index is 11.5. The number of hydrogen-bond acceptors (Lipinski definition) is 6. The first-order valence-electron chi connectivity index (χ1n) is 5.76. The summed E-state index contributed by atoms with van der Waals surface area (Å²) in [6, 6.07) is 7.49. The Labute approximate surface area is 115 Å². The number of ether oxygens (including phenoxy) is 1. The Balaban J connectivity index is 2.93. The molecule has 0 atom stereocenters. The van der Waals surface area contributed by atoms with Crippen LogP contribution < -0.4 is 4.90 Å². The van der Waals surface area contributed by atoms with E-state index in [9.17, 15) is 14.9 Å². The highest BCUT2D eigenvalue weighted by atomic mass is 16.6. The third kappa shape index (κ3) is 3.81. The van der Waals surface area contributed by atoms with Gasteiger partial charge in [-0.05, 0) is 19.1 Å². The van der Waals surface area contributed by atoms with E-state index in [1.807, 2.05) is 0 Å². The molecule has 0 heterocycles. The van der Waals surface area contributed by atoms with Gasteiger partial charge in [-0.1, -0.05) is 0 Å².